The third-order valence-electron chi connectivity index (χ3n) is 7.03. The predicted octanol–water partition coefficient (Wildman–Crippen LogP) is 6.79. The summed E-state index contributed by atoms with van der Waals surface area (Å²) in [6, 6.07) is 34.0. The maximum atomic E-state index is 14.0. The Labute approximate surface area is 228 Å². The van der Waals surface area contributed by atoms with Crippen molar-refractivity contribution >= 4 is 22.6 Å². The minimum atomic E-state index is -0.500. The van der Waals surface area contributed by atoms with Crippen LogP contribution >= 0.6 is 0 Å². The van der Waals surface area contributed by atoms with E-state index in [1.54, 1.807) is 15.5 Å². The monoisotopic (exact) mass is 516 g/mol. The minimum Gasteiger partial charge on any atom is -0.314 e. The quantitative estimate of drug-likeness (QED) is 0.247. The van der Waals surface area contributed by atoms with E-state index < -0.39 is 6.04 Å². The molecule has 0 radical (unpaired) electrons. The average Bonchev–Trinajstić information content (AvgIpc) is 2.98. The van der Waals surface area contributed by atoms with Crippen LogP contribution in [0.5, 0.6) is 0 Å². The van der Waals surface area contributed by atoms with Crippen LogP contribution in [0.25, 0.3) is 16.6 Å². The molecule has 0 aliphatic carbocycles. The van der Waals surface area contributed by atoms with Gasteiger partial charge in [0.2, 0.25) is 0 Å². The summed E-state index contributed by atoms with van der Waals surface area (Å²) in [5.41, 5.74) is 4.13. The van der Waals surface area contributed by atoms with Crippen LogP contribution in [0.4, 0.5) is 10.5 Å². The maximum Gasteiger partial charge on any atom is 0.322 e. The van der Waals surface area contributed by atoms with Gasteiger partial charge in [-0.1, -0.05) is 85.8 Å². The van der Waals surface area contributed by atoms with E-state index in [2.05, 4.69) is 24.4 Å². The molecule has 4 aromatic carbocycles. The fourth-order valence-electron chi connectivity index (χ4n) is 4.91. The standard InChI is InChI=1S/C33H32N4O2/c1-3-26-16-10-13-21-30(26)37-31(35-29-20-12-11-19-28(29)32(37)38)24(2)36(23-22-25-14-6-4-7-15-25)33(39)34-27-17-8-5-9-18-27/h4-21,24H,3,22-23H2,1-2H3,(H,34,39). The zero-order valence-electron chi connectivity index (χ0n) is 22.2. The van der Waals surface area contributed by atoms with Crippen molar-refractivity contribution in [3.05, 3.63) is 136 Å². The minimum absolute atomic E-state index is 0.144. The topological polar surface area (TPSA) is 67.2 Å². The third-order valence-corrected chi connectivity index (χ3v) is 7.03. The average molecular weight is 517 g/mol. The zero-order valence-corrected chi connectivity index (χ0v) is 22.2. The number of aromatic nitrogens is 2. The van der Waals surface area contributed by atoms with Crippen LogP contribution in [0, 0.1) is 0 Å². The van der Waals surface area contributed by atoms with E-state index in [-0.39, 0.29) is 11.6 Å². The molecule has 0 aliphatic rings. The summed E-state index contributed by atoms with van der Waals surface area (Å²) in [7, 11) is 0. The summed E-state index contributed by atoms with van der Waals surface area (Å²) in [5.74, 6) is 0.524. The number of rotatable bonds is 8. The lowest BCUT2D eigenvalue weighted by Gasteiger charge is -2.31. The second-order valence-electron chi connectivity index (χ2n) is 9.51. The van der Waals surface area contributed by atoms with Crippen LogP contribution in [-0.4, -0.2) is 27.0 Å². The van der Waals surface area contributed by atoms with Crippen molar-refractivity contribution in [1.29, 1.82) is 0 Å². The van der Waals surface area contributed by atoms with Gasteiger partial charge in [0.25, 0.3) is 5.56 Å². The molecule has 6 heteroatoms. The van der Waals surface area contributed by atoms with Crippen LogP contribution in [-0.2, 0) is 12.8 Å². The van der Waals surface area contributed by atoms with Crippen molar-refractivity contribution in [2.45, 2.75) is 32.7 Å². The highest BCUT2D eigenvalue weighted by atomic mass is 16.2. The summed E-state index contributed by atoms with van der Waals surface area (Å²) in [6.45, 7) is 4.46. The van der Waals surface area contributed by atoms with E-state index in [0.29, 0.717) is 35.4 Å². The van der Waals surface area contributed by atoms with E-state index in [4.69, 9.17) is 4.98 Å². The SMILES string of the molecule is CCc1ccccc1-n1c(C(C)N(CCc2ccccc2)C(=O)Nc2ccccc2)nc2ccccc2c1=O. The number of hydrogen-bond donors (Lipinski definition) is 1. The van der Waals surface area contributed by atoms with E-state index in [1.807, 2.05) is 97.9 Å². The highest BCUT2D eigenvalue weighted by Crippen LogP contribution is 2.26. The second-order valence-corrected chi connectivity index (χ2v) is 9.51. The Morgan fingerprint density at radius 2 is 1.51 bits per heavy atom. The maximum absolute atomic E-state index is 14.0. The number of carbonyl (C=O) groups excluding carboxylic acids is 1. The van der Waals surface area contributed by atoms with Gasteiger partial charge < -0.3 is 10.2 Å². The molecule has 196 valence electrons. The fourth-order valence-corrected chi connectivity index (χ4v) is 4.91. The van der Waals surface area contributed by atoms with Crippen LogP contribution in [0.15, 0.2) is 114 Å². The molecular weight excluding hydrogens is 484 g/mol. The van der Waals surface area contributed by atoms with Crippen LogP contribution < -0.4 is 10.9 Å². The Bertz CT molecular complexity index is 1630. The first-order valence-corrected chi connectivity index (χ1v) is 13.3. The molecule has 1 aromatic heterocycles. The van der Waals surface area contributed by atoms with E-state index in [1.165, 1.54) is 0 Å². The Kier molecular flexibility index (Phi) is 7.83. The second kappa shape index (κ2) is 11.8. The molecular formula is C33H32N4O2. The molecule has 5 rings (SSSR count). The number of nitrogens with one attached hydrogen (secondary N) is 1. The van der Waals surface area contributed by atoms with Crippen LogP contribution in [0.2, 0.25) is 0 Å². The number of fused-ring (bicyclic) bond motifs is 1. The molecule has 1 N–H and O–H groups in total. The van der Waals surface area contributed by atoms with Gasteiger partial charge in [0, 0.05) is 12.2 Å². The first kappa shape index (κ1) is 25.9. The molecule has 1 heterocycles. The van der Waals surface area contributed by atoms with Crippen LogP contribution in [0.3, 0.4) is 0 Å². The number of amides is 2. The number of nitrogens with zero attached hydrogens (tertiary/aromatic N) is 3. The lowest BCUT2D eigenvalue weighted by atomic mass is 10.1. The summed E-state index contributed by atoms with van der Waals surface area (Å²) >= 11 is 0. The van der Waals surface area contributed by atoms with Crippen molar-refractivity contribution < 1.29 is 4.79 Å². The molecule has 1 atom stereocenters. The predicted molar refractivity (Wildman–Crippen MR) is 157 cm³/mol. The van der Waals surface area contributed by atoms with Crippen LogP contribution in [0.1, 0.15) is 36.8 Å². The van der Waals surface area contributed by atoms with Gasteiger partial charge in [0.15, 0.2) is 0 Å². The van der Waals surface area contributed by atoms with Crippen molar-refractivity contribution in [3.63, 3.8) is 0 Å². The molecule has 39 heavy (non-hydrogen) atoms. The summed E-state index contributed by atoms with van der Waals surface area (Å²) in [6.07, 6.45) is 1.42. The summed E-state index contributed by atoms with van der Waals surface area (Å²) in [4.78, 5) is 34.5. The lowest BCUT2D eigenvalue weighted by Crippen LogP contribution is -2.41. The third kappa shape index (κ3) is 5.60. The highest BCUT2D eigenvalue weighted by molar-refractivity contribution is 5.89. The summed E-state index contributed by atoms with van der Waals surface area (Å²) in [5, 5.41) is 3.58. The number of hydrogen-bond acceptors (Lipinski definition) is 3. The molecule has 0 saturated carbocycles. The van der Waals surface area contributed by atoms with Crippen molar-refractivity contribution in [2.24, 2.45) is 0 Å². The first-order chi connectivity index (χ1) is 19.1. The van der Waals surface area contributed by atoms with E-state index >= 15 is 0 Å². The molecule has 0 bridgehead atoms. The molecule has 1 unspecified atom stereocenters. The van der Waals surface area contributed by atoms with Gasteiger partial charge in [-0.2, -0.15) is 0 Å². The highest BCUT2D eigenvalue weighted by Gasteiger charge is 2.27. The number of carbonyl (C=O) groups is 1. The normalized spacial score (nSPS) is 11.7. The zero-order chi connectivity index (χ0) is 27.2. The molecule has 6 nitrogen and oxygen atoms in total. The van der Waals surface area contributed by atoms with Crippen molar-refractivity contribution in [3.8, 4) is 5.69 Å². The van der Waals surface area contributed by atoms with Gasteiger partial charge >= 0.3 is 6.03 Å². The van der Waals surface area contributed by atoms with Crippen molar-refractivity contribution in [1.82, 2.24) is 14.5 Å². The molecule has 0 aliphatic heterocycles. The van der Waals surface area contributed by atoms with Gasteiger partial charge in [-0.05, 0) is 61.2 Å². The molecule has 0 spiro atoms. The van der Waals surface area contributed by atoms with E-state index in [9.17, 15) is 9.59 Å². The number of anilines is 1. The molecule has 0 fully saturated rings. The molecule has 5 aromatic rings. The molecule has 2 amide bonds. The van der Waals surface area contributed by atoms with Gasteiger partial charge in [-0.3, -0.25) is 9.36 Å². The Morgan fingerprint density at radius 1 is 0.872 bits per heavy atom. The van der Waals surface area contributed by atoms with Gasteiger partial charge in [-0.15, -0.1) is 0 Å². The first-order valence-electron chi connectivity index (χ1n) is 13.3. The van der Waals surface area contributed by atoms with Gasteiger partial charge in [0.1, 0.15) is 5.82 Å². The Balaban J connectivity index is 1.63. The number of para-hydroxylation sites is 3. The summed E-state index contributed by atoms with van der Waals surface area (Å²) < 4.78 is 1.69. The largest absolute Gasteiger partial charge is 0.322 e. The van der Waals surface area contributed by atoms with Gasteiger partial charge in [-0.25, -0.2) is 9.78 Å². The lowest BCUT2D eigenvalue weighted by molar-refractivity contribution is 0.190. The number of benzene rings is 4. The fraction of sp³-hybridized carbons (Fsp3) is 0.182. The van der Waals surface area contributed by atoms with E-state index in [0.717, 1.165) is 23.2 Å². The number of urea groups is 1. The van der Waals surface area contributed by atoms with Crippen molar-refractivity contribution in [2.75, 3.05) is 11.9 Å². The molecule has 0 saturated heterocycles. The Morgan fingerprint density at radius 3 is 2.26 bits per heavy atom. The smallest absolute Gasteiger partial charge is 0.314 e. The number of aryl methyl sites for hydroxylation is 1. The Hall–Kier alpha value is -4.71. The van der Waals surface area contributed by atoms with Gasteiger partial charge in [0.05, 0.1) is 22.6 Å².